The first-order chi connectivity index (χ1) is 12.2. The average Bonchev–Trinajstić information content (AvgIpc) is 2.58. The van der Waals surface area contributed by atoms with Gasteiger partial charge in [-0.2, -0.15) is 0 Å². The van der Waals surface area contributed by atoms with Gasteiger partial charge >= 0.3 is 5.97 Å². The van der Waals surface area contributed by atoms with Crippen LogP contribution >= 0.6 is 0 Å². The van der Waals surface area contributed by atoms with Crippen molar-refractivity contribution in [1.82, 2.24) is 10.6 Å². The van der Waals surface area contributed by atoms with Gasteiger partial charge in [-0.1, -0.05) is 20.3 Å². The zero-order chi connectivity index (χ0) is 20.1. The van der Waals surface area contributed by atoms with Crippen molar-refractivity contribution in [3.05, 3.63) is 0 Å². The van der Waals surface area contributed by atoms with Gasteiger partial charge in [0, 0.05) is 0 Å². The first kappa shape index (κ1) is 24.3. The highest BCUT2D eigenvalue weighted by Crippen LogP contribution is 2.07. The predicted octanol–water partition coefficient (Wildman–Crippen LogP) is -0.718. The van der Waals surface area contributed by atoms with Gasteiger partial charge in [-0.3, -0.25) is 9.59 Å². The monoisotopic (exact) mass is 373 g/mol. The number of hydrogen-bond donors (Lipinski definition) is 6. The molecule has 0 radical (unpaired) electrons. The summed E-state index contributed by atoms with van der Waals surface area (Å²) in [5, 5.41) is 14.4. The van der Waals surface area contributed by atoms with Gasteiger partial charge in [0.05, 0.1) is 6.04 Å². The smallest absolute Gasteiger partial charge is 0.326 e. The lowest BCUT2D eigenvalue weighted by Crippen LogP contribution is -2.56. The summed E-state index contributed by atoms with van der Waals surface area (Å²) in [5.41, 5.74) is 16.7. The fourth-order valence-corrected chi connectivity index (χ4v) is 2.45. The van der Waals surface area contributed by atoms with E-state index in [0.717, 1.165) is 12.8 Å². The van der Waals surface area contributed by atoms with E-state index in [1.54, 1.807) is 13.8 Å². The molecule has 2 amide bonds. The van der Waals surface area contributed by atoms with E-state index < -0.39 is 35.9 Å². The third kappa shape index (κ3) is 9.69. The summed E-state index contributed by atoms with van der Waals surface area (Å²) < 4.78 is 0. The molecule has 9 heteroatoms. The van der Waals surface area contributed by atoms with Gasteiger partial charge in [-0.15, -0.1) is 0 Å². The normalized spacial score (nSPS) is 14.5. The molecule has 0 rings (SSSR count). The number of carboxylic acids is 1. The van der Waals surface area contributed by atoms with E-state index in [2.05, 4.69) is 10.6 Å². The number of unbranched alkanes of at least 4 members (excludes halogenated alkanes) is 2. The van der Waals surface area contributed by atoms with Crippen molar-refractivity contribution in [2.75, 3.05) is 13.1 Å². The van der Waals surface area contributed by atoms with E-state index in [4.69, 9.17) is 17.2 Å². The summed E-state index contributed by atoms with van der Waals surface area (Å²) in [7, 11) is 0. The molecule has 0 saturated carbocycles. The number of rotatable bonds is 14. The molecule has 0 bridgehead atoms. The van der Waals surface area contributed by atoms with Crippen molar-refractivity contribution in [3.8, 4) is 0 Å². The van der Waals surface area contributed by atoms with Gasteiger partial charge in [0.15, 0.2) is 0 Å². The first-order valence-electron chi connectivity index (χ1n) is 9.23. The van der Waals surface area contributed by atoms with Crippen LogP contribution in [0.4, 0.5) is 0 Å². The minimum atomic E-state index is -1.11. The van der Waals surface area contributed by atoms with Crippen molar-refractivity contribution < 1.29 is 19.5 Å². The van der Waals surface area contributed by atoms with Gasteiger partial charge in [0.2, 0.25) is 11.8 Å². The molecule has 0 aliphatic carbocycles. The lowest BCUT2D eigenvalue weighted by molar-refractivity contribution is -0.142. The van der Waals surface area contributed by atoms with Crippen molar-refractivity contribution >= 4 is 17.8 Å². The van der Waals surface area contributed by atoms with Gasteiger partial charge in [0.25, 0.3) is 0 Å². The fraction of sp³-hybridized carbons (Fsp3) is 0.824. The number of aliphatic carboxylic acids is 1. The summed E-state index contributed by atoms with van der Waals surface area (Å²) in [6.07, 6.45) is 3.55. The second-order valence-electron chi connectivity index (χ2n) is 6.81. The van der Waals surface area contributed by atoms with E-state index >= 15 is 0 Å². The minimum absolute atomic E-state index is 0.214. The molecule has 0 aliphatic heterocycles. The Morgan fingerprint density at radius 1 is 0.885 bits per heavy atom. The summed E-state index contributed by atoms with van der Waals surface area (Å²) in [4.78, 5) is 36.0. The molecule has 0 aromatic heterocycles. The molecule has 26 heavy (non-hydrogen) atoms. The molecule has 9 nitrogen and oxygen atoms in total. The van der Waals surface area contributed by atoms with Crippen LogP contribution in [0.15, 0.2) is 0 Å². The lowest BCUT2D eigenvalue weighted by Gasteiger charge is -2.25. The van der Waals surface area contributed by atoms with E-state index in [-0.39, 0.29) is 12.3 Å². The largest absolute Gasteiger partial charge is 0.480 e. The molecule has 9 N–H and O–H groups in total. The van der Waals surface area contributed by atoms with Crippen LogP contribution < -0.4 is 27.8 Å². The van der Waals surface area contributed by atoms with Crippen LogP contribution in [0.25, 0.3) is 0 Å². The molecule has 0 aliphatic rings. The molecule has 0 saturated heterocycles. The summed E-state index contributed by atoms with van der Waals surface area (Å²) >= 11 is 0. The van der Waals surface area contributed by atoms with Crippen molar-refractivity contribution in [1.29, 1.82) is 0 Å². The number of amides is 2. The molecule has 0 spiro atoms. The molecule has 3 unspecified atom stereocenters. The van der Waals surface area contributed by atoms with Gasteiger partial charge < -0.3 is 32.9 Å². The molecule has 0 heterocycles. The Balaban J connectivity index is 4.77. The van der Waals surface area contributed by atoms with Crippen LogP contribution in [0.2, 0.25) is 0 Å². The zero-order valence-electron chi connectivity index (χ0n) is 15.9. The number of carbonyl (C=O) groups is 3. The highest BCUT2D eigenvalue weighted by molar-refractivity contribution is 5.91. The van der Waals surface area contributed by atoms with Crippen LogP contribution in [0.5, 0.6) is 0 Å². The van der Waals surface area contributed by atoms with Crippen molar-refractivity contribution in [2.45, 2.75) is 70.5 Å². The van der Waals surface area contributed by atoms with E-state index in [9.17, 15) is 19.5 Å². The number of hydrogen-bond acceptors (Lipinski definition) is 6. The summed E-state index contributed by atoms with van der Waals surface area (Å²) in [6, 6.07) is -2.58. The Bertz CT molecular complexity index is 445. The lowest BCUT2D eigenvalue weighted by atomic mass is 10.0. The predicted molar refractivity (Wildman–Crippen MR) is 100 cm³/mol. The molecular formula is C17H35N5O4. The zero-order valence-corrected chi connectivity index (χ0v) is 15.9. The number of nitrogens with two attached hydrogens (primary N) is 3. The van der Waals surface area contributed by atoms with Crippen LogP contribution in [0.3, 0.4) is 0 Å². The SMILES string of the molecule is CC(C)C(NC(=O)C(N)CCCCN)C(=O)NC(CCCCN)C(=O)O. The number of nitrogens with one attached hydrogen (secondary N) is 2. The Morgan fingerprint density at radius 3 is 1.88 bits per heavy atom. The molecule has 0 fully saturated rings. The van der Waals surface area contributed by atoms with E-state index in [1.165, 1.54) is 0 Å². The third-order valence-corrected chi connectivity index (χ3v) is 4.11. The van der Waals surface area contributed by atoms with Crippen LogP contribution in [0.1, 0.15) is 52.4 Å². The Morgan fingerprint density at radius 2 is 1.42 bits per heavy atom. The second kappa shape index (κ2) is 13.5. The first-order valence-corrected chi connectivity index (χ1v) is 9.23. The second-order valence-corrected chi connectivity index (χ2v) is 6.81. The molecule has 152 valence electrons. The highest BCUT2D eigenvalue weighted by Gasteiger charge is 2.29. The number of carboxylic acid groups (broad SMARTS) is 1. The van der Waals surface area contributed by atoms with Gasteiger partial charge in [-0.25, -0.2) is 4.79 Å². The maximum absolute atomic E-state index is 12.5. The molecule has 0 aromatic carbocycles. The standard InChI is InChI=1S/C17H35N5O4/c1-11(2)14(22-15(23)12(20)7-3-5-9-18)16(24)21-13(17(25)26)8-4-6-10-19/h11-14H,3-10,18-20H2,1-2H3,(H,21,24)(H,22,23)(H,25,26). The summed E-state index contributed by atoms with van der Waals surface area (Å²) in [6.45, 7) is 4.54. The molecule has 0 aromatic rings. The van der Waals surface area contributed by atoms with E-state index in [1.807, 2.05) is 0 Å². The minimum Gasteiger partial charge on any atom is -0.480 e. The summed E-state index contributed by atoms with van der Waals surface area (Å²) in [5.74, 6) is -2.27. The van der Waals surface area contributed by atoms with Gasteiger partial charge in [-0.05, 0) is 51.1 Å². The van der Waals surface area contributed by atoms with Crippen molar-refractivity contribution in [3.63, 3.8) is 0 Å². The molecular weight excluding hydrogens is 338 g/mol. The van der Waals surface area contributed by atoms with Crippen LogP contribution in [-0.2, 0) is 14.4 Å². The molecule has 3 atom stereocenters. The number of carbonyl (C=O) groups excluding carboxylic acids is 2. The maximum Gasteiger partial charge on any atom is 0.326 e. The Labute approximate surface area is 155 Å². The van der Waals surface area contributed by atoms with Crippen molar-refractivity contribution in [2.24, 2.45) is 23.1 Å². The van der Waals surface area contributed by atoms with Gasteiger partial charge in [0.1, 0.15) is 12.1 Å². The topological polar surface area (TPSA) is 174 Å². The third-order valence-electron chi connectivity index (χ3n) is 4.11. The fourth-order valence-electron chi connectivity index (χ4n) is 2.45. The average molecular weight is 373 g/mol. The maximum atomic E-state index is 12.5. The Hall–Kier alpha value is -1.71. The van der Waals surface area contributed by atoms with Crippen LogP contribution in [-0.4, -0.2) is 54.1 Å². The van der Waals surface area contributed by atoms with Crippen LogP contribution in [0, 0.1) is 5.92 Å². The quantitative estimate of drug-likeness (QED) is 0.218. The van der Waals surface area contributed by atoms with E-state index in [0.29, 0.717) is 32.4 Å². The Kier molecular flexibility index (Phi) is 12.6. The highest BCUT2D eigenvalue weighted by atomic mass is 16.4.